The fourth-order valence-corrected chi connectivity index (χ4v) is 4.56. The normalized spacial score (nSPS) is 13.5. The minimum Gasteiger partial charge on any atom is -0.350 e. The topological polar surface area (TPSA) is 71.4 Å². The van der Waals surface area contributed by atoms with Gasteiger partial charge in [0.1, 0.15) is 6.54 Å². The molecule has 3 aromatic carbocycles. The number of hydrogen-bond acceptors (Lipinski definition) is 3. The largest absolute Gasteiger partial charge is 0.350 e. The van der Waals surface area contributed by atoms with Crippen LogP contribution in [0.25, 0.3) is 21.8 Å². The van der Waals surface area contributed by atoms with Gasteiger partial charge in [0.2, 0.25) is 5.91 Å². The number of fused-ring (bicyclic) bond motifs is 2. The zero-order valence-corrected chi connectivity index (χ0v) is 18.3. The number of carbonyl (C=O) groups excluding carboxylic acids is 2. The lowest BCUT2D eigenvalue weighted by molar-refractivity contribution is -0.121. The van der Waals surface area contributed by atoms with Crippen molar-refractivity contribution in [3.63, 3.8) is 0 Å². The van der Waals surface area contributed by atoms with Crippen LogP contribution in [0, 0.1) is 0 Å². The first-order valence-electron chi connectivity index (χ1n) is 11.3. The molecular formula is C27H25N3O3. The molecule has 1 aliphatic heterocycles. The molecule has 33 heavy (non-hydrogen) atoms. The molecule has 0 spiro atoms. The molecule has 6 nitrogen and oxygen atoms in total. The first kappa shape index (κ1) is 20.9. The smallest absolute Gasteiger partial charge is 0.253 e. The molecule has 0 radical (unpaired) electrons. The number of amides is 2. The van der Waals surface area contributed by atoms with E-state index in [-0.39, 0.29) is 23.8 Å². The van der Waals surface area contributed by atoms with Crippen LogP contribution < -0.4 is 10.7 Å². The summed E-state index contributed by atoms with van der Waals surface area (Å²) in [4.78, 5) is 40.3. The lowest BCUT2D eigenvalue weighted by atomic mass is 10.1. The molecule has 1 N–H and O–H groups in total. The highest BCUT2D eigenvalue weighted by molar-refractivity contribution is 5.95. The van der Waals surface area contributed by atoms with Crippen LogP contribution in [0.15, 0.2) is 77.6 Å². The van der Waals surface area contributed by atoms with Gasteiger partial charge in [-0.3, -0.25) is 14.4 Å². The van der Waals surface area contributed by atoms with Crippen molar-refractivity contribution in [1.82, 2.24) is 14.8 Å². The summed E-state index contributed by atoms with van der Waals surface area (Å²) in [6.07, 6.45) is 2.10. The Morgan fingerprint density at radius 3 is 2.12 bits per heavy atom. The summed E-state index contributed by atoms with van der Waals surface area (Å²) in [6, 6.07) is 22.2. The summed E-state index contributed by atoms with van der Waals surface area (Å²) in [6.45, 7) is 2.03. The Bertz CT molecular complexity index is 1360. The van der Waals surface area contributed by atoms with Gasteiger partial charge in [0.05, 0.1) is 11.0 Å². The average Bonchev–Trinajstić information content (AvgIpc) is 3.40. The molecule has 2 heterocycles. The van der Waals surface area contributed by atoms with Gasteiger partial charge in [-0.15, -0.1) is 0 Å². The second kappa shape index (κ2) is 8.90. The number of likely N-dealkylation sites (tertiary alicyclic amines) is 1. The van der Waals surface area contributed by atoms with Gasteiger partial charge in [-0.1, -0.05) is 36.4 Å². The van der Waals surface area contributed by atoms with Crippen molar-refractivity contribution in [2.45, 2.75) is 25.9 Å². The van der Waals surface area contributed by atoms with Crippen molar-refractivity contribution in [2.75, 3.05) is 13.1 Å². The zero-order valence-electron chi connectivity index (χ0n) is 18.3. The molecule has 1 fully saturated rings. The quantitative estimate of drug-likeness (QED) is 0.482. The predicted molar refractivity (Wildman–Crippen MR) is 129 cm³/mol. The third-order valence-electron chi connectivity index (χ3n) is 6.24. The van der Waals surface area contributed by atoms with E-state index in [2.05, 4.69) is 5.32 Å². The second-order valence-electron chi connectivity index (χ2n) is 8.43. The van der Waals surface area contributed by atoms with Gasteiger partial charge in [-0.25, -0.2) is 0 Å². The van der Waals surface area contributed by atoms with Crippen molar-refractivity contribution in [3.05, 3.63) is 94.1 Å². The summed E-state index contributed by atoms with van der Waals surface area (Å²) in [7, 11) is 0. The molecule has 0 aliphatic carbocycles. The summed E-state index contributed by atoms with van der Waals surface area (Å²) in [5, 5.41) is 4.15. The van der Waals surface area contributed by atoms with Gasteiger partial charge in [-0.2, -0.15) is 0 Å². The van der Waals surface area contributed by atoms with Crippen molar-refractivity contribution in [1.29, 1.82) is 0 Å². The van der Waals surface area contributed by atoms with Crippen LogP contribution in [-0.2, 0) is 17.9 Å². The maximum absolute atomic E-state index is 12.9. The van der Waals surface area contributed by atoms with Crippen LogP contribution in [0.3, 0.4) is 0 Å². The molecule has 5 rings (SSSR count). The van der Waals surface area contributed by atoms with E-state index in [1.165, 1.54) is 0 Å². The highest BCUT2D eigenvalue weighted by atomic mass is 16.2. The van der Waals surface area contributed by atoms with Gasteiger partial charge >= 0.3 is 0 Å². The fourth-order valence-electron chi connectivity index (χ4n) is 4.56. The van der Waals surface area contributed by atoms with E-state index in [0.717, 1.165) is 42.5 Å². The van der Waals surface area contributed by atoms with E-state index in [4.69, 9.17) is 0 Å². The van der Waals surface area contributed by atoms with Crippen molar-refractivity contribution < 1.29 is 9.59 Å². The van der Waals surface area contributed by atoms with Crippen molar-refractivity contribution in [2.24, 2.45) is 0 Å². The number of aromatic nitrogens is 1. The zero-order chi connectivity index (χ0) is 22.8. The van der Waals surface area contributed by atoms with Gasteiger partial charge in [0.15, 0.2) is 5.43 Å². The molecule has 1 aliphatic rings. The predicted octanol–water partition coefficient (Wildman–Crippen LogP) is 3.71. The van der Waals surface area contributed by atoms with Crippen LogP contribution >= 0.6 is 0 Å². The van der Waals surface area contributed by atoms with E-state index < -0.39 is 0 Å². The Kier molecular flexibility index (Phi) is 5.65. The maximum Gasteiger partial charge on any atom is 0.253 e. The number of para-hydroxylation sites is 2. The van der Waals surface area contributed by atoms with Crippen LogP contribution in [0.5, 0.6) is 0 Å². The molecule has 4 aromatic rings. The monoisotopic (exact) mass is 439 g/mol. The van der Waals surface area contributed by atoms with E-state index in [1.54, 1.807) is 12.1 Å². The van der Waals surface area contributed by atoms with Gasteiger partial charge < -0.3 is 14.8 Å². The SMILES string of the molecule is O=C(Cn1c2ccccc2c(=O)c2ccccc21)NCc1cccc(C(=O)N2CCCC2)c1. The van der Waals surface area contributed by atoms with Crippen LogP contribution in [0.1, 0.15) is 28.8 Å². The van der Waals surface area contributed by atoms with E-state index >= 15 is 0 Å². The summed E-state index contributed by atoms with van der Waals surface area (Å²) < 4.78 is 1.88. The van der Waals surface area contributed by atoms with Crippen molar-refractivity contribution in [3.8, 4) is 0 Å². The molecule has 166 valence electrons. The first-order chi connectivity index (χ1) is 16.1. The molecule has 0 bridgehead atoms. The van der Waals surface area contributed by atoms with Gasteiger partial charge in [0, 0.05) is 36.0 Å². The molecule has 0 saturated carbocycles. The number of carbonyl (C=O) groups is 2. The molecule has 2 amide bonds. The van der Waals surface area contributed by atoms with Crippen LogP contribution in [0.2, 0.25) is 0 Å². The first-order valence-corrected chi connectivity index (χ1v) is 11.3. The van der Waals surface area contributed by atoms with Crippen molar-refractivity contribution >= 4 is 33.6 Å². The fraction of sp³-hybridized carbons (Fsp3) is 0.222. The Morgan fingerprint density at radius 1 is 0.818 bits per heavy atom. The number of nitrogens with one attached hydrogen (secondary N) is 1. The Hall–Kier alpha value is -3.93. The number of pyridine rings is 1. The molecule has 0 atom stereocenters. The lowest BCUT2D eigenvalue weighted by Gasteiger charge is -2.16. The Labute approximate surface area is 191 Å². The highest BCUT2D eigenvalue weighted by Crippen LogP contribution is 2.19. The van der Waals surface area contributed by atoms with E-state index in [9.17, 15) is 14.4 Å². The summed E-state index contributed by atoms with van der Waals surface area (Å²) in [5.41, 5.74) is 2.96. The standard InChI is InChI=1S/C27H25N3O3/c31-25(28-17-19-8-7-9-20(16-19)27(33)29-14-5-6-15-29)18-30-23-12-3-1-10-21(23)26(32)22-11-2-4-13-24(22)30/h1-4,7-13,16H,5-6,14-15,17-18H2,(H,28,31). The number of nitrogens with zero attached hydrogens (tertiary/aromatic N) is 2. The molecule has 0 unspecified atom stereocenters. The van der Waals surface area contributed by atoms with E-state index in [0.29, 0.717) is 22.9 Å². The third-order valence-corrected chi connectivity index (χ3v) is 6.24. The third kappa shape index (κ3) is 4.12. The minimum absolute atomic E-state index is 0.0302. The average molecular weight is 440 g/mol. The van der Waals surface area contributed by atoms with Crippen LogP contribution in [0.4, 0.5) is 0 Å². The van der Waals surface area contributed by atoms with E-state index in [1.807, 2.05) is 70.1 Å². The number of benzene rings is 3. The highest BCUT2D eigenvalue weighted by Gasteiger charge is 2.19. The lowest BCUT2D eigenvalue weighted by Crippen LogP contribution is -2.29. The molecule has 1 saturated heterocycles. The molecular weight excluding hydrogens is 414 g/mol. The maximum atomic E-state index is 12.9. The minimum atomic E-state index is -0.162. The number of hydrogen-bond donors (Lipinski definition) is 1. The summed E-state index contributed by atoms with van der Waals surface area (Å²) >= 11 is 0. The van der Waals surface area contributed by atoms with Gasteiger partial charge in [0.25, 0.3) is 5.91 Å². The molecule has 6 heteroatoms. The van der Waals surface area contributed by atoms with Crippen LogP contribution in [-0.4, -0.2) is 34.4 Å². The Morgan fingerprint density at radius 2 is 1.45 bits per heavy atom. The Balaban J connectivity index is 1.36. The van der Waals surface area contributed by atoms with Gasteiger partial charge in [-0.05, 0) is 54.8 Å². The number of rotatable bonds is 5. The second-order valence-corrected chi connectivity index (χ2v) is 8.43. The molecule has 1 aromatic heterocycles. The summed E-state index contributed by atoms with van der Waals surface area (Å²) in [5.74, 6) is -0.114.